The molecular formula is C16H21NO3. The molecule has 0 aliphatic heterocycles. The lowest BCUT2D eigenvalue weighted by atomic mass is 10.2. The van der Waals surface area contributed by atoms with Gasteiger partial charge in [-0.05, 0) is 31.0 Å². The Balaban J connectivity index is 2.57. The van der Waals surface area contributed by atoms with Crippen LogP contribution in [0, 0.1) is 0 Å². The molecule has 0 amide bonds. The molecule has 0 radical (unpaired) electrons. The monoisotopic (exact) mass is 275 g/mol. The van der Waals surface area contributed by atoms with E-state index in [1.807, 2.05) is 18.2 Å². The Hall–Kier alpha value is -1.97. The van der Waals surface area contributed by atoms with Crippen molar-refractivity contribution in [3.63, 3.8) is 0 Å². The maximum Gasteiger partial charge on any atom is 0.360 e. The molecule has 2 rings (SSSR count). The summed E-state index contributed by atoms with van der Waals surface area (Å²) in [5, 5.41) is 0.835. The molecule has 20 heavy (non-hydrogen) atoms. The predicted molar refractivity (Wildman–Crippen MR) is 81.8 cm³/mol. The SMILES string of the molecule is CCCN(CCC)c1cc2c(OC)cccc2oc1=O. The van der Waals surface area contributed by atoms with Gasteiger partial charge in [0.1, 0.15) is 17.0 Å². The van der Waals surface area contributed by atoms with Crippen molar-refractivity contribution in [3.05, 3.63) is 34.7 Å². The maximum atomic E-state index is 12.2. The lowest BCUT2D eigenvalue weighted by Crippen LogP contribution is -2.29. The molecule has 0 N–H and O–H groups in total. The second-order valence-corrected chi connectivity index (χ2v) is 4.78. The summed E-state index contributed by atoms with van der Waals surface area (Å²) in [5.74, 6) is 0.723. The van der Waals surface area contributed by atoms with Crippen molar-refractivity contribution in [1.82, 2.24) is 0 Å². The summed E-state index contributed by atoms with van der Waals surface area (Å²) >= 11 is 0. The zero-order valence-electron chi connectivity index (χ0n) is 12.3. The molecule has 0 spiro atoms. The fourth-order valence-corrected chi connectivity index (χ4v) is 2.39. The number of benzene rings is 1. The molecule has 108 valence electrons. The van der Waals surface area contributed by atoms with Gasteiger partial charge in [-0.3, -0.25) is 0 Å². The van der Waals surface area contributed by atoms with Gasteiger partial charge in [-0.2, -0.15) is 0 Å². The molecule has 4 heteroatoms. The smallest absolute Gasteiger partial charge is 0.360 e. The number of fused-ring (bicyclic) bond motifs is 1. The third kappa shape index (κ3) is 2.79. The van der Waals surface area contributed by atoms with Crippen molar-refractivity contribution in [3.8, 4) is 5.75 Å². The standard InChI is InChI=1S/C16H21NO3/c1-4-9-17(10-5-2)13-11-12-14(19-3)7-6-8-15(12)20-16(13)18/h6-8,11H,4-5,9-10H2,1-3H3. The van der Waals surface area contributed by atoms with Crippen LogP contribution in [-0.2, 0) is 0 Å². The molecule has 0 saturated heterocycles. The number of ether oxygens (including phenoxy) is 1. The molecular weight excluding hydrogens is 254 g/mol. The largest absolute Gasteiger partial charge is 0.496 e. The maximum absolute atomic E-state index is 12.2. The quantitative estimate of drug-likeness (QED) is 0.757. The number of rotatable bonds is 6. The second kappa shape index (κ2) is 6.46. The molecule has 0 atom stereocenters. The van der Waals surface area contributed by atoms with E-state index in [4.69, 9.17) is 9.15 Å². The first-order chi connectivity index (χ1) is 9.71. The zero-order chi connectivity index (χ0) is 14.5. The molecule has 1 aromatic heterocycles. The molecule has 0 bridgehead atoms. The van der Waals surface area contributed by atoms with Crippen LogP contribution in [0.2, 0.25) is 0 Å². The normalized spacial score (nSPS) is 10.8. The van der Waals surface area contributed by atoms with Crippen LogP contribution >= 0.6 is 0 Å². The van der Waals surface area contributed by atoms with Crippen LogP contribution in [0.25, 0.3) is 11.0 Å². The summed E-state index contributed by atoms with van der Waals surface area (Å²) in [6.07, 6.45) is 1.98. The number of hydrogen-bond acceptors (Lipinski definition) is 4. The van der Waals surface area contributed by atoms with Crippen LogP contribution in [-0.4, -0.2) is 20.2 Å². The fourth-order valence-electron chi connectivity index (χ4n) is 2.39. The van der Waals surface area contributed by atoms with Crippen molar-refractivity contribution >= 4 is 16.7 Å². The van der Waals surface area contributed by atoms with Gasteiger partial charge >= 0.3 is 5.63 Å². The Kier molecular flexibility index (Phi) is 4.66. The van der Waals surface area contributed by atoms with Crippen LogP contribution in [0.5, 0.6) is 5.75 Å². The molecule has 1 heterocycles. The van der Waals surface area contributed by atoms with E-state index in [-0.39, 0.29) is 5.63 Å². The van der Waals surface area contributed by atoms with E-state index in [9.17, 15) is 4.79 Å². The van der Waals surface area contributed by atoms with Gasteiger partial charge in [0.15, 0.2) is 0 Å². The highest BCUT2D eigenvalue weighted by Gasteiger charge is 2.14. The van der Waals surface area contributed by atoms with Crippen LogP contribution in [0.4, 0.5) is 5.69 Å². The highest BCUT2D eigenvalue weighted by molar-refractivity contribution is 5.86. The first-order valence-corrected chi connectivity index (χ1v) is 7.07. The third-order valence-electron chi connectivity index (χ3n) is 3.27. The van der Waals surface area contributed by atoms with Crippen LogP contribution in [0.1, 0.15) is 26.7 Å². The lowest BCUT2D eigenvalue weighted by molar-refractivity contribution is 0.418. The van der Waals surface area contributed by atoms with E-state index >= 15 is 0 Å². The summed E-state index contributed by atoms with van der Waals surface area (Å²) < 4.78 is 10.8. The van der Waals surface area contributed by atoms with Gasteiger partial charge in [-0.25, -0.2) is 4.79 Å². The van der Waals surface area contributed by atoms with Crippen molar-refractivity contribution in [2.45, 2.75) is 26.7 Å². The molecule has 0 aliphatic rings. The zero-order valence-corrected chi connectivity index (χ0v) is 12.3. The number of nitrogens with zero attached hydrogens (tertiary/aromatic N) is 1. The van der Waals surface area contributed by atoms with Gasteiger partial charge in [0.05, 0.1) is 12.5 Å². The van der Waals surface area contributed by atoms with E-state index in [1.165, 1.54) is 0 Å². The van der Waals surface area contributed by atoms with Crippen molar-refractivity contribution < 1.29 is 9.15 Å². The molecule has 0 saturated carbocycles. The van der Waals surface area contributed by atoms with E-state index in [2.05, 4.69) is 18.7 Å². The summed E-state index contributed by atoms with van der Waals surface area (Å²) in [6.45, 7) is 5.90. The summed E-state index contributed by atoms with van der Waals surface area (Å²) in [6, 6.07) is 7.36. The van der Waals surface area contributed by atoms with Crippen molar-refractivity contribution in [2.24, 2.45) is 0 Å². The van der Waals surface area contributed by atoms with Gasteiger partial charge in [0.2, 0.25) is 0 Å². The highest BCUT2D eigenvalue weighted by atomic mass is 16.5. The molecule has 0 aliphatic carbocycles. The van der Waals surface area contributed by atoms with E-state index in [1.54, 1.807) is 13.2 Å². The highest BCUT2D eigenvalue weighted by Crippen LogP contribution is 2.27. The average molecular weight is 275 g/mol. The Morgan fingerprint density at radius 2 is 1.90 bits per heavy atom. The molecule has 1 aromatic carbocycles. The Bertz CT molecular complexity index is 627. The first kappa shape index (κ1) is 14.4. The minimum Gasteiger partial charge on any atom is -0.496 e. The molecule has 2 aromatic rings. The predicted octanol–water partition coefficient (Wildman–Crippen LogP) is 3.43. The number of methoxy groups -OCH3 is 1. The van der Waals surface area contributed by atoms with Gasteiger partial charge < -0.3 is 14.1 Å². The average Bonchev–Trinajstić information content (AvgIpc) is 2.45. The van der Waals surface area contributed by atoms with Crippen LogP contribution in [0.3, 0.4) is 0 Å². The summed E-state index contributed by atoms with van der Waals surface area (Å²) in [7, 11) is 1.62. The van der Waals surface area contributed by atoms with Crippen LogP contribution in [0.15, 0.2) is 33.5 Å². The van der Waals surface area contributed by atoms with Gasteiger partial charge in [0, 0.05) is 13.1 Å². The van der Waals surface area contributed by atoms with Crippen molar-refractivity contribution in [1.29, 1.82) is 0 Å². The number of anilines is 1. The second-order valence-electron chi connectivity index (χ2n) is 4.78. The molecule has 0 fully saturated rings. The Morgan fingerprint density at radius 1 is 1.20 bits per heavy atom. The topological polar surface area (TPSA) is 42.7 Å². The van der Waals surface area contributed by atoms with E-state index in [0.717, 1.165) is 37.1 Å². The fraction of sp³-hybridized carbons (Fsp3) is 0.438. The Morgan fingerprint density at radius 3 is 2.50 bits per heavy atom. The number of hydrogen-bond donors (Lipinski definition) is 0. The first-order valence-electron chi connectivity index (χ1n) is 7.07. The summed E-state index contributed by atoms with van der Waals surface area (Å²) in [5.41, 5.74) is 0.893. The lowest BCUT2D eigenvalue weighted by Gasteiger charge is -2.22. The Labute approximate surface area is 119 Å². The van der Waals surface area contributed by atoms with Crippen molar-refractivity contribution in [2.75, 3.05) is 25.1 Å². The summed E-state index contributed by atoms with van der Waals surface area (Å²) in [4.78, 5) is 14.3. The van der Waals surface area contributed by atoms with E-state index in [0.29, 0.717) is 11.3 Å². The third-order valence-corrected chi connectivity index (χ3v) is 3.27. The molecule has 0 unspecified atom stereocenters. The van der Waals surface area contributed by atoms with Crippen LogP contribution < -0.4 is 15.3 Å². The van der Waals surface area contributed by atoms with E-state index < -0.39 is 0 Å². The molecule has 4 nitrogen and oxygen atoms in total. The van der Waals surface area contributed by atoms with Gasteiger partial charge in [-0.15, -0.1) is 0 Å². The minimum absolute atomic E-state index is 0.285. The van der Waals surface area contributed by atoms with Gasteiger partial charge in [-0.1, -0.05) is 19.9 Å². The minimum atomic E-state index is -0.285. The van der Waals surface area contributed by atoms with Gasteiger partial charge in [0.25, 0.3) is 0 Å².